The van der Waals surface area contributed by atoms with Gasteiger partial charge < -0.3 is 14.0 Å². The fourth-order valence-electron chi connectivity index (χ4n) is 5.37. The van der Waals surface area contributed by atoms with Gasteiger partial charge in [0.2, 0.25) is 5.88 Å². The van der Waals surface area contributed by atoms with Gasteiger partial charge in [-0.3, -0.25) is 4.90 Å². The lowest BCUT2D eigenvalue weighted by atomic mass is 9.93. The molecule has 7 nitrogen and oxygen atoms in total. The first-order valence-corrected chi connectivity index (χ1v) is 11.6. The van der Waals surface area contributed by atoms with Gasteiger partial charge in [0.05, 0.1) is 11.9 Å². The summed E-state index contributed by atoms with van der Waals surface area (Å²) in [6, 6.07) is 10.7. The van der Waals surface area contributed by atoms with Crippen molar-refractivity contribution in [3.63, 3.8) is 0 Å². The summed E-state index contributed by atoms with van der Waals surface area (Å²) in [7, 11) is 0. The van der Waals surface area contributed by atoms with Crippen molar-refractivity contribution < 1.29 is 13.9 Å². The van der Waals surface area contributed by atoms with E-state index in [1.54, 1.807) is 0 Å². The van der Waals surface area contributed by atoms with E-state index >= 15 is 0 Å². The van der Waals surface area contributed by atoms with Gasteiger partial charge in [0.25, 0.3) is 0 Å². The predicted molar refractivity (Wildman–Crippen MR) is 118 cm³/mol. The molecule has 1 saturated carbocycles. The van der Waals surface area contributed by atoms with Crippen molar-refractivity contribution in [3.8, 4) is 11.9 Å². The minimum absolute atomic E-state index is 0.242. The highest BCUT2D eigenvalue weighted by Crippen LogP contribution is 2.41. The fourth-order valence-corrected chi connectivity index (χ4v) is 5.37. The Morgan fingerprint density at radius 1 is 1.09 bits per heavy atom. The number of benzene rings is 1. The summed E-state index contributed by atoms with van der Waals surface area (Å²) < 4.78 is 28.5. The monoisotopic (exact) mass is 437 g/mol. The van der Waals surface area contributed by atoms with E-state index in [9.17, 15) is 4.39 Å². The highest BCUT2D eigenvalue weighted by atomic mass is 19.1. The van der Waals surface area contributed by atoms with Gasteiger partial charge in [0, 0.05) is 19.0 Å². The van der Waals surface area contributed by atoms with E-state index in [1.165, 1.54) is 6.42 Å². The van der Waals surface area contributed by atoms with Crippen LogP contribution in [0.5, 0.6) is 11.9 Å². The highest BCUT2D eigenvalue weighted by Gasteiger charge is 2.49. The molecular formula is C24H28FN5O2. The Kier molecular flexibility index (Phi) is 4.97. The predicted octanol–water partition coefficient (Wildman–Crippen LogP) is 4.09. The van der Waals surface area contributed by atoms with Crippen LogP contribution >= 0.6 is 0 Å². The molecule has 3 aromatic rings. The average Bonchev–Trinajstić information content (AvgIpc) is 3.43. The molecule has 3 aliphatic rings. The van der Waals surface area contributed by atoms with Gasteiger partial charge in [-0.05, 0) is 44.2 Å². The Morgan fingerprint density at radius 3 is 2.78 bits per heavy atom. The Hall–Kier alpha value is -2.74. The molecule has 3 fully saturated rings. The number of imidazole rings is 1. The van der Waals surface area contributed by atoms with Crippen LogP contribution in [-0.2, 0) is 6.61 Å². The van der Waals surface area contributed by atoms with Gasteiger partial charge in [-0.15, -0.1) is 0 Å². The largest absolute Gasteiger partial charge is 0.471 e. The van der Waals surface area contributed by atoms with Crippen LogP contribution in [0.25, 0.3) is 11.2 Å². The summed E-state index contributed by atoms with van der Waals surface area (Å²) in [4.78, 5) is 16.0. The van der Waals surface area contributed by atoms with E-state index in [0.29, 0.717) is 43.7 Å². The maximum Gasteiger partial charge on any atom is 0.321 e. The van der Waals surface area contributed by atoms with Crippen molar-refractivity contribution in [2.45, 2.75) is 62.9 Å². The number of hydrogen-bond donors (Lipinski definition) is 0. The van der Waals surface area contributed by atoms with Gasteiger partial charge >= 0.3 is 6.01 Å². The normalized spacial score (nSPS) is 25.7. The van der Waals surface area contributed by atoms with Crippen LogP contribution in [0.15, 0.2) is 36.7 Å². The van der Waals surface area contributed by atoms with Crippen molar-refractivity contribution in [1.82, 2.24) is 24.4 Å². The third kappa shape index (κ3) is 3.50. The Balaban J connectivity index is 1.29. The number of halogens is 1. The first kappa shape index (κ1) is 19.9. The summed E-state index contributed by atoms with van der Waals surface area (Å²) >= 11 is 0. The quantitative estimate of drug-likeness (QED) is 0.555. The molecule has 168 valence electrons. The number of rotatable bonds is 7. The lowest BCUT2D eigenvalue weighted by molar-refractivity contribution is 0.106. The maximum absolute atomic E-state index is 14.1. The van der Waals surface area contributed by atoms with E-state index in [0.717, 1.165) is 43.3 Å². The van der Waals surface area contributed by atoms with Crippen molar-refractivity contribution in [2.75, 3.05) is 19.7 Å². The molecule has 0 amide bonds. The molecule has 0 unspecified atom stereocenters. The molecule has 32 heavy (non-hydrogen) atoms. The van der Waals surface area contributed by atoms with E-state index in [1.807, 2.05) is 36.7 Å². The maximum atomic E-state index is 14.1. The fraction of sp³-hybridized carbons (Fsp3) is 0.542. The van der Waals surface area contributed by atoms with E-state index < -0.39 is 6.17 Å². The minimum Gasteiger partial charge on any atom is -0.471 e. The molecule has 1 aromatic carbocycles. The summed E-state index contributed by atoms with van der Waals surface area (Å²) in [5, 5.41) is 0. The Bertz CT molecular complexity index is 1100. The molecule has 2 aromatic heterocycles. The molecule has 0 bridgehead atoms. The number of alkyl halides is 1. The standard InChI is InChI=1S/C24H28FN5O2/c25-18-12-24(10-5-11-29(24)13-18)15-32-23-27-21-20(30(16-26-21)19-8-4-9-19)22(28-23)31-14-17-6-2-1-3-7-17/h1-3,6-7,16,18-19H,4-5,8-15H2/t18-,24+/m1/s1. The summed E-state index contributed by atoms with van der Waals surface area (Å²) in [6.45, 7) is 2.23. The third-order valence-corrected chi connectivity index (χ3v) is 7.29. The Morgan fingerprint density at radius 2 is 1.97 bits per heavy atom. The number of hydrogen-bond acceptors (Lipinski definition) is 6. The van der Waals surface area contributed by atoms with Gasteiger partial charge in [0.1, 0.15) is 19.4 Å². The lowest BCUT2D eigenvalue weighted by Crippen LogP contribution is -2.43. The lowest BCUT2D eigenvalue weighted by Gasteiger charge is -2.30. The van der Waals surface area contributed by atoms with E-state index in [2.05, 4.69) is 24.4 Å². The van der Waals surface area contributed by atoms with Gasteiger partial charge in [-0.1, -0.05) is 30.3 Å². The molecular weight excluding hydrogens is 409 g/mol. The second kappa shape index (κ2) is 7.99. The zero-order valence-electron chi connectivity index (χ0n) is 18.1. The van der Waals surface area contributed by atoms with Gasteiger partial charge in [-0.2, -0.15) is 9.97 Å². The van der Waals surface area contributed by atoms with Gasteiger partial charge in [-0.25, -0.2) is 9.37 Å². The van der Waals surface area contributed by atoms with Crippen LogP contribution in [0, 0.1) is 0 Å². The van der Waals surface area contributed by atoms with E-state index in [-0.39, 0.29) is 11.5 Å². The number of fused-ring (bicyclic) bond motifs is 2. The topological polar surface area (TPSA) is 65.3 Å². The second-order valence-electron chi connectivity index (χ2n) is 9.36. The summed E-state index contributed by atoms with van der Waals surface area (Å²) in [5.74, 6) is 0.494. The molecule has 6 rings (SSSR count). The minimum atomic E-state index is -0.787. The van der Waals surface area contributed by atoms with Crippen LogP contribution in [0.4, 0.5) is 4.39 Å². The molecule has 2 saturated heterocycles. The van der Waals surface area contributed by atoms with Crippen LogP contribution in [0.3, 0.4) is 0 Å². The smallest absolute Gasteiger partial charge is 0.321 e. The van der Waals surface area contributed by atoms with Crippen molar-refractivity contribution in [2.24, 2.45) is 0 Å². The molecule has 0 radical (unpaired) electrons. The Labute approximate surface area is 186 Å². The van der Waals surface area contributed by atoms with E-state index in [4.69, 9.17) is 9.47 Å². The highest BCUT2D eigenvalue weighted by molar-refractivity contribution is 5.77. The number of aromatic nitrogens is 4. The molecule has 1 aliphatic carbocycles. The third-order valence-electron chi connectivity index (χ3n) is 7.29. The van der Waals surface area contributed by atoms with Crippen molar-refractivity contribution in [3.05, 3.63) is 42.2 Å². The first-order valence-electron chi connectivity index (χ1n) is 11.6. The second-order valence-corrected chi connectivity index (χ2v) is 9.36. The molecule has 2 aliphatic heterocycles. The summed E-state index contributed by atoms with van der Waals surface area (Å²) in [6.07, 6.45) is 7.07. The zero-order chi connectivity index (χ0) is 21.5. The van der Waals surface area contributed by atoms with Gasteiger partial charge in [0.15, 0.2) is 11.2 Å². The molecule has 2 atom stereocenters. The van der Waals surface area contributed by atoms with Crippen LogP contribution in [0.2, 0.25) is 0 Å². The van der Waals surface area contributed by atoms with Crippen molar-refractivity contribution in [1.29, 1.82) is 0 Å². The average molecular weight is 438 g/mol. The molecule has 4 heterocycles. The molecule has 0 N–H and O–H groups in total. The SMILES string of the molecule is F[C@H]1CN2CCC[C@@]2(COc2nc(OCc3ccccc3)c3c(ncn3C3CCC3)n2)C1. The van der Waals surface area contributed by atoms with Crippen LogP contribution < -0.4 is 9.47 Å². The summed E-state index contributed by atoms with van der Waals surface area (Å²) in [5.41, 5.74) is 2.23. The van der Waals surface area contributed by atoms with Crippen molar-refractivity contribution >= 4 is 11.2 Å². The zero-order valence-corrected chi connectivity index (χ0v) is 18.1. The first-order chi connectivity index (χ1) is 15.7. The van der Waals surface area contributed by atoms with Crippen LogP contribution in [0.1, 0.15) is 50.1 Å². The molecule has 8 heteroatoms. The number of nitrogens with zero attached hydrogens (tertiary/aromatic N) is 5. The number of ether oxygens (including phenoxy) is 2. The molecule has 0 spiro atoms. The van der Waals surface area contributed by atoms with Crippen LogP contribution in [-0.4, -0.2) is 55.8 Å².